The van der Waals surface area contributed by atoms with Crippen LogP contribution in [0.3, 0.4) is 0 Å². The molecule has 3 atom stereocenters. The molecule has 0 unspecified atom stereocenters. The molecule has 0 aromatic heterocycles. The van der Waals surface area contributed by atoms with Crippen molar-refractivity contribution in [3.63, 3.8) is 0 Å². The second-order valence-corrected chi connectivity index (χ2v) is 11.0. The Bertz CT molecular complexity index is 844. The van der Waals surface area contributed by atoms with Crippen LogP contribution in [0.15, 0.2) is 27.7 Å². The smallest absolute Gasteiger partial charge is 0.250 e. The number of nitrogens with zero attached hydrogens (tertiary/aromatic N) is 2. The molecule has 1 amide bonds. The molecular formula is C16H18BrClN2O3S2. The number of hydrogen-bond acceptors (Lipinski definition) is 4. The molecule has 1 aromatic rings. The lowest BCUT2D eigenvalue weighted by molar-refractivity contribution is -0.121. The Balaban J connectivity index is 2.04. The molecule has 25 heavy (non-hydrogen) atoms. The molecule has 0 radical (unpaired) electrons. The van der Waals surface area contributed by atoms with Crippen LogP contribution in [-0.2, 0) is 14.6 Å². The fourth-order valence-corrected chi connectivity index (χ4v) is 7.58. The number of carbonyl (C=O) groups is 1. The standard InChI is InChI=1S/C16H18BrClN2O3S2/c1-3-9(2)15(21)19-16-20(12-5-4-10(17)6-11(12)18)13-7-25(22,23)8-14(13)24-16/h4-6,9,13-14H,3,7-8H2,1-2H3/t9-,13-,14+/m0/s1. The minimum Gasteiger partial charge on any atom is -0.314 e. The van der Waals surface area contributed by atoms with E-state index in [1.54, 1.807) is 6.07 Å². The van der Waals surface area contributed by atoms with Crippen molar-refractivity contribution in [2.24, 2.45) is 10.9 Å². The monoisotopic (exact) mass is 464 g/mol. The van der Waals surface area contributed by atoms with Gasteiger partial charge in [0.1, 0.15) is 0 Å². The highest BCUT2D eigenvalue weighted by atomic mass is 79.9. The number of sulfone groups is 1. The molecule has 2 saturated heterocycles. The Labute approximate surface area is 165 Å². The number of amidine groups is 1. The van der Waals surface area contributed by atoms with Crippen molar-refractivity contribution in [1.29, 1.82) is 0 Å². The van der Waals surface area contributed by atoms with Crippen LogP contribution in [0.25, 0.3) is 0 Å². The van der Waals surface area contributed by atoms with Gasteiger partial charge in [0.15, 0.2) is 15.0 Å². The maximum atomic E-state index is 12.3. The van der Waals surface area contributed by atoms with E-state index in [1.165, 1.54) is 11.8 Å². The van der Waals surface area contributed by atoms with Crippen molar-refractivity contribution in [3.8, 4) is 0 Å². The average Bonchev–Trinajstić information content (AvgIpc) is 2.98. The van der Waals surface area contributed by atoms with Gasteiger partial charge in [-0.1, -0.05) is 53.1 Å². The van der Waals surface area contributed by atoms with Gasteiger partial charge in [0.2, 0.25) is 0 Å². The summed E-state index contributed by atoms with van der Waals surface area (Å²) >= 11 is 11.1. The zero-order valence-corrected chi connectivity index (χ0v) is 17.8. The highest BCUT2D eigenvalue weighted by molar-refractivity contribution is 9.10. The highest BCUT2D eigenvalue weighted by Gasteiger charge is 2.49. The van der Waals surface area contributed by atoms with Crippen LogP contribution in [0.1, 0.15) is 20.3 Å². The summed E-state index contributed by atoms with van der Waals surface area (Å²) in [5.74, 6) is -0.206. The molecule has 5 nitrogen and oxygen atoms in total. The number of fused-ring (bicyclic) bond motifs is 1. The molecule has 2 heterocycles. The minimum atomic E-state index is -3.10. The first kappa shape index (κ1) is 19.2. The van der Waals surface area contributed by atoms with Gasteiger partial charge in [-0.05, 0) is 24.6 Å². The molecule has 3 rings (SSSR count). The molecule has 0 aliphatic carbocycles. The van der Waals surface area contributed by atoms with E-state index in [9.17, 15) is 13.2 Å². The van der Waals surface area contributed by atoms with Crippen LogP contribution < -0.4 is 4.90 Å². The van der Waals surface area contributed by atoms with Crippen LogP contribution in [-0.4, -0.2) is 42.3 Å². The Morgan fingerprint density at radius 1 is 1.48 bits per heavy atom. The maximum absolute atomic E-state index is 12.3. The molecule has 2 fully saturated rings. The van der Waals surface area contributed by atoms with Crippen molar-refractivity contribution in [2.45, 2.75) is 31.6 Å². The van der Waals surface area contributed by atoms with Gasteiger partial charge in [-0.25, -0.2) is 8.42 Å². The molecular weight excluding hydrogens is 448 g/mol. The molecule has 1 aromatic carbocycles. The number of carbonyl (C=O) groups excluding carboxylic acids is 1. The van der Waals surface area contributed by atoms with Crippen LogP contribution >= 0.6 is 39.3 Å². The summed E-state index contributed by atoms with van der Waals surface area (Å²) < 4.78 is 24.9. The second kappa shape index (κ2) is 7.21. The van der Waals surface area contributed by atoms with Crippen molar-refractivity contribution >= 4 is 65.9 Å². The summed E-state index contributed by atoms with van der Waals surface area (Å²) in [4.78, 5) is 18.4. The van der Waals surface area contributed by atoms with Crippen molar-refractivity contribution in [1.82, 2.24) is 0 Å². The van der Waals surface area contributed by atoms with Gasteiger partial charge in [-0.3, -0.25) is 4.79 Å². The van der Waals surface area contributed by atoms with Crippen molar-refractivity contribution < 1.29 is 13.2 Å². The molecule has 136 valence electrons. The first-order valence-corrected chi connectivity index (χ1v) is 11.8. The van der Waals surface area contributed by atoms with Gasteiger partial charge >= 0.3 is 0 Å². The zero-order valence-electron chi connectivity index (χ0n) is 13.8. The lowest BCUT2D eigenvalue weighted by Crippen LogP contribution is -2.38. The number of hydrogen-bond donors (Lipinski definition) is 0. The Morgan fingerprint density at radius 3 is 2.84 bits per heavy atom. The van der Waals surface area contributed by atoms with E-state index in [-0.39, 0.29) is 34.6 Å². The summed E-state index contributed by atoms with van der Waals surface area (Å²) in [7, 11) is -3.10. The first-order chi connectivity index (χ1) is 11.7. The van der Waals surface area contributed by atoms with Gasteiger partial charge in [0, 0.05) is 15.6 Å². The third-order valence-corrected chi connectivity index (χ3v) is 8.48. The summed E-state index contributed by atoms with van der Waals surface area (Å²) in [6.45, 7) is 3.78. The van der Waals surface area contributed by atoms with E-state index in [1.807, 2.05) is 30.9 Å². The minimum absolute atomic E-state index is 0.0492. The molecule has 0 N–H and O–H groups in total. The van der Waals surface area contributed by atoms with Gasteiger partial charge in [-0.2, -0.15) is 4.99 Å². The SMILES string of the molecule is CC[C@H](C)C(=O)N=C1S[C@@H]2CS(=O)(=O)C[C@@H]2N1c1ccc(Br)cc1Cl. The molecule has 0 bridgehead atoms. The van der Waals surface area contributed by atoms with Crippen LogP contribution in [0, 0.1) is 5.92 Å². The van der Waals surface area contributed by atoms with E-state index >= 15 is 0 Å². The molecule has 2 aliphatic heterocycles. The summed E-state index contributed by atoms with van der Waals surface area (Å²) in [5.41, 5.74) is 0.678. The number of amides is 1. The second-order valence-electron chi connectivity index (χ2n) is 6.31. The third-order valence-electron chi connectivity index (χ3n) is 4.48. The van der Waals surface area contributed by atoms with E-state index in [4.69, 9.17) is 11.6 Å². The molecule has 0 saturated carbocycles. The van der Waals surface area contributed by atoms with Crippen LogP contribution in [0.5, 0.6) is 0 Å². The summed E-state index contributed by atoms with van der Waals surface area (Å²) in [5, 5.41) is 0.899. The number of benzene rings is 1. The van der Waals surface area contributed by atoms with Gasteiger partial charge < -0.3 is 4.90 Å². The largest absolute Gasteiger partial charge is 0.314 e. The quantitative estimate of drug-likeness (QED) is 0.680. The number of aliphatic imine (C=N–C) groups is 1. The zero-order chi connectivity index (χ0) is 18.4. The molecule has 0 spiro atoms. The predicted octanol–water partition coefficient (Wildman–Crippen LogP) is 3.75. The Hall–Kier alpha value is -0.570. The van der Waals surface area contributed by atoms with E-state index < -0.39 is 9.84 Å². The number of anilines is 1. The summed E-state index contributed by atoms with van der Waals surface area (Å²) in [6.07, 6.45) is 0.709. The lowest BCUT2D eigenvalue weighted by atomic mass is 10.1. The topological polar surface area (TPSA) is 66.8 Å². The van der Waals surface area contributed by atoms with Gasteiger partial charge in [0.25, 0.3) is 5.91 Å². The maximum Gasteiger partial charge on any atom is 0.250 e. The fraction of sp³-hybridized carbons (Fsp3) is 0.500. The Kier molecular flexibility index (Phi) is 5.54. The van der Waals surface area contributed by atoms with Crippen molar-refractivity contribution in [2.75, 3.05) is 16.4 Å². The summed E-state index contributed by atoms with van der Waals surface area (Å²) in [6, 6.07) is 5.17. The third kappa shape index (κ3) is 3.91. The number of halogens is 2. The van der Waals surface area contributed by atoms with Gasteiger partial charge in [-0.15, -0.1) is 0 Å². The Morgan fingerprint density at radius 2 is 2.20 bits per heavy atom. The number of thioether (sulfide) groups is 1. The van der Waals surface area contributed by atoms with Crippen LogP contribution in [0.4, 0.5) is 5.69 Å². The lowest BCUT2D eigenvalue weighted by Gasteiger charge is -2.25. The predicted molar refractivity (Wildman–Crippen MR) is 107 cm³/mol. The van der Waals surface area contributed by atoms with E-state index in [0.717, 1.165) is 4.47 Å². The first-order valence-electron chi connectivity index (χ1n) is 7.95. The van der Waals surface area contributed by atoms with Crippen molar-refractivity contribution in [3.05, 3.63) is 27.7 Å². The molecule has 9 heteroatoms. The number of rotatable bonds is 3. The fourth-order valence-electron chi connectivity index (χ4n) is 2.90. The van der Waals surface area contributed by atoms with E-state index in [0.29, 0.717) is 22.3 Å². The molecule has 2 aliphatic rings. The van der Waals surface area contributed by atoms with E-state index in [2.05, 4.69) is 20.9 Å². The van der Waals surface area contributed by atoms with Crippen LogP contribution in [0.2, 0.25) is 5.02 Å². The average molecular weight is 466 g/mol. The highest BCUT2D eigenvalue weighted by Crippen LogP contribution is 2.43. The normalized spacial score (nSPS) is 27.5. The van der Waals surface area contributed by atoms with Gasteiger partial charge in [0.05, 0.1) is 28.3 Å².